The van der Waals surface area contributed by atoms with E-state index >= 15 is 0 Å². The van der Waals surface area contributed by atoms with Gasteiger partial charge in [-0.3, -0.25) is 0 Å². The molecule has 1 aliphatic heterocycles. The summed E-state index contributed by atoms with van der Waals surface area (Å²) in [6, 6.07) is 89.0. The maximum Gasteiger partial charge on any atom is 0.136 e. The first kappa shape index (κ1) is 45.1. The van der Waals surface area contributed by atoms with Gasteiger partial charge >= 0.3 is 0 Å². The van der Waals surface area contributed by atoms with Gasteiger partial charge < -0.3 is 18.6 Å². The molecular weight excluding hydrogens is 985 g/mol. The quantitative estimate of drug-likeness (QED) is 0.144. The van der Waals surface area contributed by atoms with Crippen molar-refractivity contribution < 1.29 is 9.15 Å². The minimum Gasteiger partial charge on any atom is -0.461 e. The van der Waals surface area contributed by atoms with E-state index in [4.69, 9.17) is 17.9 Å². The lowest BCUT2D eigenvalue weighted by molar-refractivity contribution is 0.426. The molecule has 16 rings (SSSR count). The number of anilines is 3. The molecule has 0 bridgehead atoms. The van der Waals surface area contributed by atoms with Crippen molar-refractivity contribution in [2.75, 3.05) is 4.90 Å². The smallest absolute Gasteiger partial charge is 0.136 e. The number of para-hydroxylation sites is 2. The van der Waals surface area contributed by atoms with Crippen molar-refractivity contribution in [1.29, 1.82) is 0 Å². The fraction of sp³-hybridized carbons (Fsp3) is 0.0278. The van der Waals surface area contributed by atoms with Crippen molar-refractivity contribution in [2.45, 2.75) is 12.3 Å². The Hall–Kier alpha value is -10.1. The van der Waals surface area contributed by atoms with Gasteiger partial charge in [-0.2, -0.15) is 8.75 Å². The molecule has 14 aromatic rings. The second kappa shape index (κ2) is 18.3. The monoisotopic (exact) mass is 1030 g/mol. The summed E-state index contributed by atoms with van der Waals surface area (Å²) in [4.78, 5) is 2.30. The molecule has 2 aliphatic rings. The van der Waals surface area contributed by atoms with Gasteiger partial charge in [-0.15, -0.1) is 0 Å². The lowest BCUT2D eigenvalue weighted by Crippen LogP contribution is -2.10. The minimum absolute atomic E-state index is 0.252. The zero-order chi connectivity index (χ0) is 52.0. The number of allylic oxidation sites excluding steroid dienone is 4. The molecular formula is C72H46N4O2S. The summed E-state index contributed by atoms with van der Waals surface area (Å²) in [6.45, 7) is 0. The molecule has 0 spiro atoms. The molecule has 0 amide bonds. The molecule has 1 unspecified atom stereocenters. The summed E-state index contributed by atoms with van der Waals surface area (Å²) in [5.41, 5.74) is 22.5. The number of aromatic nitrogens is 3. The van der Waals surface area contributed by atoms with Crippen molar-refractivity contribution in [2.24, 2.45) is 0 Å². The number of rotatable bonds is 9. The summed E-state index contributed by atoms with van der Waals surface area (Å²) in [5.74, 6) is 2.23. The standard InChI is InChI=1S/C72H46N4O2S/c1-3-11-45(12-4-1)47-19-29-54(30-20-47)75(55-31-21-48(22-32-55)46-13-5-2-6-14-46)66-40-37-57(71-72(66)74-79-73-71)49-23-33-56(34-24-49)76-64-38-27-50(52-25-35-60-58-15-7-9-17-67(58)77-69(60)43-52)41-62(64)63-42-51(28-39-65(63)76)53-26-36-61-59-16-8-10-18-68(59)78-70(61)44-53/h1-35,37-44,61H,36H2. The molecule has 11 aromatic carbocycles. The fourth-order valence-electron chi connectivity index (χ4n) is 12.2. The molecule has 6 nitrogen and oxygen atoms in total. The highest BCUT2D eigenvalue weighted by Gasteiger charge is 2.31. The van der Waals surface area contributed by atoms with Gasteiger partial charge in [0.05, 0.1) is 28.4 Å². The second-order valence-electron chi connectivity index (χ2n) is 20.5. The number of nitrogens with zero attached hydrogens (tertiary/aromatic N) is 4. The molecule has 3 aromatic heterocycles. The van der Waals surface area contributed by atoms with Gasteiger partial charge in [0, 0.05) is 55.7 Å². The Kier molecular flexibility index (Phi) is 10.5. The highest BCUT2D eigenvalue weighted by atomic mass is 32.1. The number of ether oxygens (including phenoxy) is 1. The van der Waals surface area contributed by atoms with Crippen LogP contribution in [0, 0.1) is 0 Å². The van der Waals surface area contributed by atoms with Crippen molar-refractivity contribution in [3.05, 3.63) is 278 Å². The predicted octanol–water partition coefficient (Wildman–Crippen LogP) is 19.7. The van der Waals surface area contributed by atoms with Crippen molar-refractivity contribution in [3.8, 4) is 55.9 Å². The third kappa shape index (κ3) is 7.61. The zero-order valence-electron chi connectivity index (χ0n) is 42.6. The summed E-state index contributed by atoms with van der Waals surface area (Å²) in [6.07, 6.45) is 5.51. The van der Waals surface area contributed by atoms with Crippen LogP contribution in [-0.2, 0) is 0 Å². The van der Waals surface area contributed by atoms with Gasteiger partial charge in [-0.05, 0) is 160 Å². The van der Waals surface area contributed by atoms with E-state index in [0.717, 1.165) is 124 Å². The first-order valence-corrected chi connectivity index (χ1v) is 27.5. The molecule has 372 valence electrons. The molecule has 0 saturated carbocycles. The third-order valence-electron chi connectivity index (χ3n) is 16.1. The second-order valence-corrected chi connectivity index (χ2v) is 21.1. The Morgan fingerprint density at radius 2 is 1.01 bits per heavy atom. The highest BCUT2D eigenvalue weighted by Crippen LogP contribution is 2.48. The normalized spacial score (nSPS) is 13.9. The zero-order valence-corrected chi connectivity index (χ0v) is 43.4. The molecule has 1 aliphatic carbocycles. The molecule has 0 saturated heterocycles. The van der Waals surface area contributed by atoms with E-state index in [2.05, 4.69) is 252 Å². The van der Waals surface area contributed by atoms with Crippen molar-refractivity contribution in [3.63, 3.8) is 0 Å². The Balaban J connectivity index is 0.784. The van der Waals surface area contributed by atoms with Crippen LogP contribution in [0.15, 0.2) is 271 Å². The number of benzene rings is 11. The number of fused-ring (bicyclic) bond motifs is 10. The summed E-state index contributed by atoms with van der Waals surface area (Å²) < 4.78 is 25.2. The SMILES string of the molecule is C1=C(c2ccc3c(c2)c2cc(-c4ccc5c(c4)oc4ccccc45)ccc2n3-c2ccc(-c3ccc(N(c4ccc(-c5ccccc5)cc4)c4ccc(-c5ccccc5)cc4)c4nsnc34)cc2)C=C2Oc3ccccc3C2C1. The van der Waals surface area contributed by atoms with Gasteiger partial charge in [-0.1, -0.05) is 158 Å². The minimum atomic E-state index is 0.252. The number of furan rings is 1. The van der Waals surface area contributed by atoms with Crippen LogP contribution in [-0.4, -0.2) is 13.3 Å². The van der Waals surface area contributed by atoms with Gasteiger partial charge in [0.25, 0.3) is 0 Å². The van der Waals surface area contributed by atoms with Crippen LogP contribution in [0.5, 0.6) is 5.75 Å². The Morgan fingerprint density at radius 1 is 0.443 bits per heavy atom. The van der Waals surface area contributed by atoms with Crippen LogP contribution in [0.4, 0.5) is 17.1 Å². The molecule has 79 heavy (non-hydrogen) atoms. The summed E-state index contributed by atoms with van der Waals surface area (Å²) >= 11 is 1.25. The topological polar surface area (TPSA) is 56.3 Å². The van der Waals surface area contributed by atoms with Crippen LogP contribution in [0.3, 0.4) is 0 Å². The molecule has 7 heteroatoms. The Morgan fingerprint density at radius 3 is 1.75 bits per heavy atom. The van der Waals surface area contributed by atoms with Crippen molar-refractivity contribution in [1.82, 2.24) is 13.3 Å². The first-order chi connectivity index (χ1) is 39.1. The summed E-state index contributed by atoms with van der Waals surface area (Å²) in [7, 11) is 0. The average Bonchev–Trinajstić information content (AvgIpc) is 4.47. The Labute approximate surface area is 460 Å². The molecule has 0 fully saturated rings. The van der Waals surface area contributed by atoms with Crippen LogP contribution in [0.25, 0.3) is 111 Å². The molecule has 4 heterocycles. The summed E-state index contributed by atoms with van der Waals surface area (Å²) in [5, 5.41) is 4.61. The van der Waals surface area contributed by atoms with Gasteiger partial charge in [-0.25, -0.2) is 0 Å². The van der Waals surface area contributed by atoms with Crippen LogP contribution in [0.1, 0.15) is 23.5 Å². The maximum absolute atomic E-state index is 6.44. The largest absolute Gasteiger partial charge is 0.461 e. The molecule has 1 atom stereocenters. The van der Waals surface area contributed by atoms with E-state index in [9.17, 15) is 0 Å². The van der Waals surface area contributed by atoms with E-state index in [1.807, 2.05) is 18.2 Å². The van der Waals surface area contributed by atoms with E-state index in [0.29, 0.717) is 0 Å². The van der Waals surface area contributed by atoms with E-state index in [1.54, 1.807) is 0 Å². The van der Waals surface area contributed by atoms with Gasteiger partial charge in [0.15, 0.2) is 0 Å². The number of hydrogen-bond acceptors (Lipinski definition) is 6. The van der Waals surface area contributed by atoms with Crippen LogP contribution in [0.2, 0.25) is 0 Å². The fourth-order valence-corrected chi connectivity index (χ4v) is 12.7. The molecule has 0 N–H and O–H groups in total. The molecule has 0 radical (unpaired) electrons. The van der Waals surface area contributed by atoms with Crippen LogP contribution >= 0.6 is 11.7 Å². The lowest BCUT2D eigenvalue weighted by Gasteiger charge is -2.26. The number of hydrogen-bond donors (Lipinski definition) is 0. The Bertz CT molecular complexity index is 4680. The maximum atomic E-state index is 6.44. The predicted molar refractivity (Wildman–Crippen MR) is 326 cm³/mol. The van der Waals surface area contributed by atoms with Gasteiger partial charge in [0.2, 0.25) is 0 Å². The average molecular weight is 1030 g/mol. The van der Waals surface area contributed by atoms with Gasteiger partial charge in [0.1, 0.15) is 33.7 Å². The van der Waals surface area contributed by atoms with Crippen LogP contribution < -0.4 is 9.64 Å². The van der Waals surface area contributed by atoms with E-state index in [-0.39, 0.29) is 5.92 Å². The third-order valence-corrected chi connectivity index (χ3v) is 16.6. The van der Waals surface area contributed by atoms with E-state index < -0.39 is 0 Å². The van der Waals surface area contributed by atoms with E-state index in [1.165, 1.54) is 44.8 Å². The highest BCUT2D eigenvalue weighted by molar-refractivity contribution is 7.00. The first-order valence-electron chi connectivity index (χ1n) is 26.8. The van der Waals surface area contributed by atoms with Crippen molar-refractivity contribution >= 4 is 89.1 Å². The lowest BCUT2D eigenvalue weighted by atomic mass is 9.87.